The molecule has 0 aliphatic heterocycles. The number of hydrogen-bond acceptors (Lipinski definition) is 0. The van der Waals surface area contributed by atoms with E-state index in [0.717, 1.165) is 17.8 Å². The second-order valence-corrected chi connectivity index (χ2v) is 5.78. The third kappa shape index (κ3) is 2.06. The first kappa shape index (κ1) is 11.1. The molecule has 0 heterocycles. The first-order valence-electron chi connectivity index (χ1n) is 7.09. The molecule has 3 atom stereocenters. The Labute approximate surface area is 105 Å². The van der Waals surface area contributed by atoms with Crippen LogP contribution in [-0.4, -0.2) is 0 Å². The quantitative estimate of drug-likeness (QED) is 0.596. The zero-order chi connectivity index (χ0) is 11.7. The topological polar surface area (TPSA) is 0 Å². The van der Waals surface area contributed by atoms with E-state index in [4.69, 9.17) is 0 Å². The number of allylic oxidation sites excluding steroid dienone is 1. The van der Waals surface area contributed by atoms with Gasteiger partial charge in [0.2, 0.25) is 0 Å². The lowest BCUT2D eigenvalue weighted by molar-refractivity contribution is 0.194. The lowest BCUT2D eigenvalue weighted by Crippen LogP contribution is -2.31. The third-order valence-electron chi connectivity index (χ3n) is 4.80. The van der Waals surface area contributed by atoms with Crippen molar-refractivity contribution in [3.05, 3.63) is 48.0 Å². The molecule has 90 valence electrons. The summed E-state index contributed by atoms with van der Waals surface area (Å²) < 4.78 is 0. The van der Waals surface area contributed by atoms with E-state index in [1.165, 1.54) is 44.1 Å². The summed E-state index contributed by atoms with van der Waals surface area (Å²) in [6, 6.07) is 11.1. The Morgan fingerprint density at radius 2 is 1.71 bits per heavy atom. The van der Waals surface area contributed by atoms with Crippen LogP contribution >= 0.6 is 0 Å². The summed E-state index contributed by atoms with van der Waals surface area (Å²) in [5, 5.41) is 0. The van der Waals surface area contributed by atoms with Gasteiger partial charge in [-0.25, -0.2) is 0 Å². The first-order chi connectivity index (χ1) is 8.36. The Kier molecular flexibility index (Phi) is 3.05. The van der Waals surface area contributed by atoms with Gasteiger partial charge in [-0.3, -0.25) is 0 Å². The molecule has 3 rings (SSSR count). The second-order valence-electron chi connectivity index (χ2n) is 5.78. The van der Waals surface area contributed by atoms with Crippen LogP contribution in [0.3, 0.4) is 0 Å². The maximum absolute atomic E-state index is 4.37. The molecule has 17 heavy (non-hydrogen) atoms. The Bertz CT molecular complexity index is 388. The van der Waals surface area contributed by atoms with Gasteiger partial charge in [0.15, 0.2) is 0 Å². The van der Waals surface area contributed by atoms with Crippen LogP contribution in [0.5, 0.6) is 0 Å². The van der Waals surface area contributed by atoms with E-state index in [2.05, 4.69) is 36.9 Å². The van der Waals surface area contributed by atoms with Crippen LogP contribution in [-0.2, 0) is 0 Å². The molecule has 2 fully saturated rings. The van der Waals surface area contributed by atoms with Crippen LogP contribution in [0.2, 0.25) is 0 Å². The Morgan fingerprint density at radius 3 is 2.53 bits per heavy atom. The molecule has 0 bridgehead atoms. The van der Waals surface area contributed by atoms with E-state index in [9.17, 15) is 0 Å². The van der Waals surface area contributed by atoms with Gasteiger partial charge in [-0.1, -0.05) is 48.9 Å². The fourth-order valence-electron chi connectivity index (χ4n) is 4.06. The lowest BCUT2D eigenvalue weighted by Gasteiger charge is -2.43. The van der Waals surface area contributed by atoms with E-state index in [1.807, 2.05) is 0 Å². The molecule has 0 aromatic heterocycles. The summed E-state index contributed by atoms with van der Waals surface area (Å²) >= 11 is 0. The Morgan fingerprint density at radius 1 is 0.941 bits per heavy atom. The fraction of sp³-hybridized carbons (Fsp3) is 0.529. The maximum atomic E-state index is 4.37. The van der Waals surface area contributed by atoms with Gasteiger partial charge in [0.05, 0.1) is 0 Å². The zero-order valence-electron chi connectivity index (χ0n) is 10.6. The van der Waals surface area contributed by atoms with Gasteiger partial charge in [-0.15, -0.1) is 0 Å². The van der Waals surface area contributed by atoms with Crippen molar-refractivity contribution in [2.75, 3.05) is 0 Å². The summed E-state index contributed by atoms with van der Waals surface area (Å²) in [6.07, 6.45) is 8.30. The molecule has 2 aliphatic rings. The van der Waals surface area contributed by atoms with Crippen LogP contribution in [0.25, 0.3) is 0 Å². The van der Waals surface area contributed by atoms with Gasteiger partial charge >= 0.3 is 0 Å². The Hall–Kier alpha value is -1.04. The first-order valence-corrected chi connectivity index (χ1v) is 7.09. The highest BCUT2D eigenvalue weighted by atomic mass is 14.4. The Balaban J connectivity index is 1.90. The van der Waals surface area contributed by atoms with Crippen LogP contribution < -0.4 is 0 Å². The molecular formula is C17H22. The minimum absolute atomic E-state index is 0.753. The molecule has 1 aromatic carbocycles. The zero-order valence-corrected chi connectivity index (χ0v) is 10.6. The monoisotopic (exact) mass is 226 g/mol. The highest BCUT2D eigenvalue weighted by Crippen LogP contribution is 2.49. The fourth-order valence-corrected chi connectivity index (χ4v) is 4.06. The molecule has 0 N–H and O–H groups in total. The third-order valence-corrected chi connectivity index (χ3v) is 4.80. The molecule has 0 nitrogen and oxygen atoms in total. The van der Waals surface area contributed by atoms with E-state index >= 15 is 0 Å². The van der Waals surface area contributed by atoms with E-state index in [0.29, 0.717) is 0 Å². The van der Waals surface area contributed by atoms with Gasteiger partial charge in [-0.2, -0.15) is 0 Å². The van der Waals surface area contributed by atoms with E-state index in [-0.39, 0.29) is 0 Å². The molecule has 2 aliphatic carbocycles. The number of benzene rings is 1. The molecular weight excluding hydrogens is 204 g/mol. The van der Waals surface area contributed by atoms with Gasteiger partial charge in [0.1, 0.15) is 0 Å². The van der Waals surface area contributed by atoms with Crippen molar-refractivity contribution in [3.63, 3.8) is 0 Å². The van der Waals surface area contributed by atoms with Crippen molar-refractivity contribution >= 4 is 0 Å². The van der Waals surface area contributed by atoms with E-state index in [1.54, 1.807) is 5.56 Å². The molecule has 0 radical (unpaired) electrons. The summed E-state index contributed by atoms with van der Waals surface area (Å²) in [7, 11) is 0. The minimum Gasteiger partial charge on any atom is -0.0995 e. The van der Waals surface area contributed by atoms with Crippen molar-refractivity contribution in [1.29, 1.82) is 0 Å². The van der Waals surface area contributed by atoms with Crippen molar-refractivity contribution in [1.82, 2.24) is 0 Å². The highest BCUT2D eigenvalue weighted by Gasteiger charge is 2.37. The van der Waals surface area contributed by atoms with Gasteiger partial charge in [0, 0.05) is 0 Å². The summed E-state index contributed by atoms with van der Waals surface area (Å²) in [5.41, 5.74) is 3.08. The molecule has 0 unspecified atom stereocenters. The number of hydrogen-bond donors (Lipinski definition) is 0. The van der Waals surface area contributed by atoms with Crippen molar-refractivity contribution in [2.45, 2.75) is 44.4 Å². The van der Waals surface area contributed by atoms with Crippen LogP contribution in [0.15, 0.2) is 42.5 Å². The summed E-state index contributed by atoms with van der Waals surface area (Å²) in [4.78, 5) is 0. The highest BCUT2D eigenvalue weighted by molar-refractivity contribution is 5.25. The van der Waals surface area contributed by atoms with E-state index < -0.39 is 0 Å². The lowest BCUT2D eigenvalue weighted by atomic mass is 9.62. The molecule has 1 aromatic rings. The standard InChI is InChI=1S/C17H22/c1-13-7-5-10-15-11-6-12-16(17(13)15)14-8-3-2-4-9-14/h2-4,8-9,15-17H,1,5-7,10-12H2/t15-,16-,17+/m0/s1. The molecule has 0 saturated heterocycles. The predicted molar refractivity (Wildman–Crippen MR) is 73.0 cm³/mol. The summed E-state index contributed by atoms with van der Waals surface area (Å²) in [6.45, 7) is 4.37. The normalized spacial score (nSPS) is 33.2. The van der Waals surface area contributed by atoms with Crippen LogP contribution in [0, 0.1) is 11.8 Å². The predicted octanol–water partition coefficient (Wildman–Crippen LogP) is 4.93. The number of rotatable bonds is 1. The average molecular weight is 226 g/mol. The molecule has 2 saturated carbocycles. The SMILES string of the molecule is C=C1CCC[C@H]2CCC[C@@H](c3ccccc3)[C@H]12. The molecule has 0 spiro atoms. The largest absolute Gasteiger partial charge is 0.0995 e. The smallest absolute Gasteiger partial charge is 0.00938 e. The minimum atomic E-state index is 0.753. The molecule has 0 amide bonds. The van der Waals surface area contributed by atoms with Crippen LogP contribution in [0.4, 0.5) is 0 Å². The van der Waals surface area contributed by atoms with Crippen molar-refractivity contribution in [2.24, 2.45) is 11.8 Å². The van der Waals surface area contributed by atoms with Crippen molar-refractivity contribution in [3.8, 4) is 0 Å². The second kappa shape index (κ2) is 4.68. The average Bonchev–Trinajstić information content (AvgIpc) is 2.39. The molecule has 0 heteroatoms. The maximum Gasteiger partial charge on any atom is -0.00938 e. The number of fused-ring (bicyclic) bond motifs is 1. The summed E-state index contributed by atoms with van der Waals surface area (Å²) in [5.74, 6) is 2.46. The van der Waals surface area contributed by atoms with Crippen molar-refractivity contribution < 1.29 is 0 Å². The van der Waals surface area contributed by atoms with Gasteiger partial charge < -0.3 is 0 Å². The van der Waals surface area contributed by atoms with Gasteiger partial charge in [-0.05, 0) is 55.4 Å². The van der Waals surface area contributed by atoms with Crippen LogP contribution in [0.1, 0.15) is 50.0 Å². The van der Waals surface area contributed by atoms with Gasteiger partial charge in [0.25, 0.3) is 0 Å².